The van der Waals surface area contributed by atoms with Crippen molar-refractivity contribution in [1.82, 2.24) is 0 Å². The van der Waals surface area contributed by atoms with E-state index in [-0.39, 0.29) is 23.7 Å². The van der Waals surface area contributed by atoms with Crippen LogP contribution in [0.25, 0.3) is 0 Å². The molecule has 3 aromatic rings. The Morgan fingerprint density at radius 3 is 2.38 bits per heavy atom. The van der Waals surface area contributed by atoms with Gasteiger partial charge in [0.05, 0.1) is 16.8 Å². The number of hydrogen-bond acceptors (Lipinski definition) is 3. The molecule has 0 aliphatic rings. The van der Waals surface area contributed by atoms with Crippen molar-refractivity contribution in [2.45, 2.75) is 12.8 Å². The van der Waals surface area contributed by atoms with E-state index < -0.39 is 29.0 Å². The number of primary amides is 1. The highest BCUT2D eigenvalue weighted by Crippen LogP contribution is 2.38. The smallest absolute Gasteiger partial charge is 0.418 e. The Hall–Kier alpha value is -3.55. The number of carbonyl (C=O) groups excluding carboxylic acids is 1. The number of alkyl halides is 3. The molecule has 4 nitrogen and oxygen atoms in total. The van der Waals surface area contributed by atoms with Crippen LogP contribution in [0.4, 0.5) is 28.9 Å². The van der Waals surface area contributed by atoms with E-state index in [1.807, 2.05) is 6.07 Å². The average Bonchev–Trinajstić information content (AvgIpc) is 2.68. The predicted octanol–water partition coefficient (Wildman–Crippen LogP) is 5.27. The maximum Gasteiger partial charge on any atom is 0.418 e. The van der Waals surface area contributed by atoms with E-state index in [1.54, 1.807) is 24.3 Å². The van der Waals surface area contributed by atoms with Crippen molar-refractivity contribution in [2.24, 2.45) is 5.73 Å². The zero-order chi connectivity index (χ0) is 21.0. The number of ether oxygens (including phenoxy) is 1. The molecule has 0 saturated carbocycles. The summed E-state index contributed by atoms with van der Waals surface area (Å²) in [6.07, 6.45) is -4.67. The molecule has 3 aromatic carbocycles. The van der Waals surface area contributed by atoms with Gasteiger partial charge in [-0.2, -0.15) is 13.2 Å². The van der Waals surface area contributed by atoms with E-state index in [1.165, 1.54) is 18.2 Å². The number of carbonyl (C=O) groups is 1. The van der Waals surface area contributed by atoms with Crippen molar-refractivity contribution in [3.63, 3.8) is 0 Å². The molecule has 8 heteroatoms. The fraction of sp³-hybridized carbons (Fsp3) is 0.0952. The lowest BCUT2D eigenvalue weighted by Gasteiger charge is -2.17. The average molecular weight is 404 g/mol. The van der Waals surface area contributed by atoms with Crippen molar-refractivity contribution in [2.75, 3.05) is 5.32 Å². The van der Waals surface area contributed by atoms with Gasteiger partial charge in [0.25, 0.3) is 5.91 Å². The van der Waals surface area contributed by atoms with Gasteiger partial charge in [-0.1, -0.05) is 30.3 Å². The van der Waals surface area contributed by atoms with Gasteiger partial charge < -0.3 is 15.8 Å². The minimum absolute atomic E-state index is 0.0451. The Bertz CT molecular complexity index is 1020. The SMILES string of the molecule is NC(=O)c1cc(Nc2ccc(OCc3ccccc3)cc2C(F)(F)F)ccc1F. The van der Waals surface area contributed by atoms with Gasteiger partial charge in [-0.25, -0.2) is 4.39 Å². The zero-order valence-electron chi connectivity index (χ0n) is 15.0. The summed E-state index contributed by atoms with van der Waals surface area (Å²) in [7, 11) is 0. The van der Waals surface area contributed by atoms with Gasteiger partial charge in [0.15, 0.2) is 0 Å². The summed E-state index contributed by atoms with van der Waals surface area (Å²) in [5, 5.41) is 2.55. The summed E-state index contributed by atoms with van der Waals surface area (Å²) in [5.41, 5.74) is 4.31. The van der Waals surface area contributed by atoms with Gasteiger partial charge in [-0.3, -0.25) is 4.79 Å². The van der Waals surface area contributed by atoms with E-state index in [9.17, 15) is 22.4 Å². The van der Waals surface area contributed by atoms with Crippen molar-refractivity contribution in [3.05, 3.63) is 89.2 Å². The van der Waals surface area contributed by atoms with Crippen LogP contribution in [0.15, 0.2) is 66.7 Å². The second-order valence-electron chi connectivity index (χ2n) is 6.16. The van der Waals surface area contributed by atoms with Gasteiger partial charge in [0.1, 0.15) is 18.2 Å². The first-order valence-corrected chi connectivity index (χ1v) is 8.48. The molecule has 0 bridgehead atoms. The molecule has 0 atom stereocenters. The molecular weight excluding hydrogens is 388 g/mol. The first kappa shape index (κ1) is 20.2. The normalized spacial score (nSPS) is 11.2. The standard InChI is InChI=1S/C21H16F4N2O2/c22-18-8-6-14(10-16(18)20(26)28)27-19-9-7-15(11-17(19)21(23,24)25)29-12-13-4-2-1-3-5-13/h1-11,27H,12H2,(H2,26,28). The molecule has 150 valence electrons. The summed E-state index contributed by atoms with van der Waals surface area (Å²) in [6.45, 7) is 0.116. The van der Waals surface area contributed by atoms with Crippen LogP contribution in [0.1, 0.15) is 21.5 Å². The van der Waals surface area contributed by atoms with Gasteiger partial charge >= 0.3 is 6.18 Å². The molecule has 0 fully saturated rings. The van der Waals surface area contributed by atoms with Gasteiger partial charge in [0.2, 0.25) is 0 Å². The van der Waals surface area contributed by atoms with Crippen LogP contribution in [0, 0.1) is 5.82 Å². The van der Waals surface area contributed by atoms with Crippen molar-refractivity contribution < 1.29 is 27.1 Å². The van der Waals surface area contributed by atoms with E-state index in [0.717, 1.165) is 23.8 Å². The van der Waals surface area contributed by atoms with Crippen LogP contribution >= 0.6 is 0 Å². The monoisotopic (exact) mass is 404 g/mol. The van der Waals surface area contributed by atoms with Crippen molar-refractivity contribution in [3.8, 4) is 5.75 Å². The molecule has 0 unspecified atom stereocenters. The van der Waals surface area contributed by atoms with E-state index in [4.69, 9.17) is 10.5 Å². The molecule has 0 heterocycles. The van der Waals surface area contributed by atoms with Crippen LogP contribution in [-0.4, -0.2) is 5.91 Å². The maximum atomic E-state index is 13.6. The predicted molar refractivity (Wildman–Crippen MR) is 100 cm³/mol. The molecule has 0 radical (unpaired) electrons. The Labute approximate surface area is 163 Å². The first-order chi connectivity index (χ1) is 13.7. The van der Waals surface area contributed by atoms with Gasteiger partial charge in [0, 0.05) is 5.69 Å². The quantitative estimate of drug-likeness (QED) is 0.551. The lowest BCUT2D eigenvalue weighted by molar-refractivity contribution is -0.137. The van der Waals surface area contributed by atoms with E-state index >= 15 is 0 Å². The molecule has 3 N–H and O–H groups in total. The summed E-state index contributed by atoms with van der Waals surface area (Å²) >= 11 is 0. The van der Waals surface area contributed by atoms with E-state index in [0.29, 0.717) is 0 Å². The number of amides is 1. The molecule has 1 amide bonds. The van der Waals surface area contributed by atoms with Gasteiger partial charge in [-0.05, 0) is 42.0 Å². The fourth-order valence-corrected chi connectivity index (χ4v) is 2.64. The highest BCUT2D eigenvalue weighted by molar-refractivity contribution is 5.94. The van der Waals surface area contributed by atoms with Crippen LogP contribution in [0.3, 0.4) is 0 Å². The molecule has 0 saturated heterocycles. The Kier molecular flexibility index (Phi) is 5.72. The Balaban J connectivity index is 1.87. The molecule has 29 heavy (non-hydrogen) atoms. The highest BCUT2D eigenvalue weighted by Gasteiger charge is 2.34. The number of anilines is 2. The molecular formula is C21H16F4N2O2. The minimum Gasteiger partial charge on any atom is -0.489 e. The highest BCUT2D eigenvalue weighted by atomic mass is 19.4. The third-order valence-electron chi connectivity index (χ3n) is 4.06. The third kappa shape index (κ3) is 5.04. The number of nitrogens with two attached hydrogens (primary N) is 1. The molecule has 0 aliphatic heterocycles. The van der Waals surface area contributed by atoms with Crippen molar-refractivity contribution in [1.29, 1.82) is 0 Å². The number of rotatable bonds is 6. The van der Waals surface area contributed by atoms with Gasteiger partial charge in [-0.15, -0.1) is 0 Å². The zero-order valence-corrected chi connectivity index (χ0v) is 15.0. The third-order valence-corrected chi connectivity index (χ3v) is 4.06. The van der Waals surface area contributed by atoms with E-state index in [2.05, 4.69) is 5.32 Å². The maximum absolute atomic E-state index is 13.6. The topological polar surface area (TPSA) is 64.4 Å². The molecule has 0 aromatic heterocycles. The Morgan fingerprint density at radius 2 is 1.72 bits per heavy atom. The first-order valence-electron chi connectivity index (χ1n) is 8.48. The number of halogens is 4. The van der Waals surface area contributed by atoms with Crippen molar-refractivity contribution >= 4 is 17.3 Å². The number of benzene rings is 3. The molecule has 0 spiro atoms. The van der Waals surface area contributed by atoms with Crippen LogP contribution in [0.5, 0.6) is 5.75 Å². The summed E-state index contributed by atoms with van der Waals surface area (Å²) < 4.78 is 59.6. The lowest BCUT2D eigenvalue weighted by Crippen LogP contribution is -2.14. The second-order valence-corrected chi connectivity index (χ2v) is 6.16. The lowest BCUT2D eigenvalue weighted by atomic mass is 10.1. The number of nitrogens with one attached hydrogen (secondary N) is 1. The molecule has 3 rings (SSSR count). The number of hydrogen-bond donors (Lipinski definition) is 2. The largest absolute Gasteiger partial charge is 0.489 e. The fourth-order valence-electron chi connectivity index (χ4n) is 2.64. The second kappa shape index (κ2) is 8.22. The summed E-state index contributed by atoms with van der Waals surface area (Å²) in [5.74, 6) is -1.83. The molecule has 0 aliphatic carbocycles. The van der Waals surface area contributed by atoms with Crippen LogP contribution in [0.2, 0.25) is 0 Å². The van der Waals surface area contributed by atoms with Crippen LogP contribution in [-0.2, 0) is 12.8 Å². The summed E-state index contributed by atoms with van der Waals surface area (Å²) in [6, 6.07) is 15.7. The minimum atomic E-state index is -4.67. The summed E-state index contributed by atoms with van der Waals surface area (Å²) in [4.78, 5) is 11.2. The Morgan fingerprint density at radius 1 is 1.00 bits per heavy atom. The van der Waals surface area contributed by atoms with Crippen LogP contribution < -0.4 is 15.8 Å².